The molecule has 4 atom stereocenters. The van der Waals surface area contributed by atoms with Gasteiger partial charge in [0.15, 0.2) is 10.3 Å². The van der Waals surface area contributed by atoms with Crippen LogP contribution in [0.5, 0.6) is 0 Å². The topological polar surface area (TPSA) is 152 Å². The van der Waals surface area contributed by atoms with Crippen LogP contribution in [0, 0.1) is 10.8 Å². The zero-order valence-electron chi connectivity index (χ0n) is 37.0. The van der Waals surface area contributed by atoms with Gasteiger partial charge in [0.25, 0.3) is 0 Å². The van der Waals surface area contributed by atoms with Gasteiger partial charge in [0, 0.05) is 66.4 Å². The quantitative estimate of drug-likeness (QED) is 0.0809. The number of nitrogens with zero attached hydrogens (tertiary/aromatic N) is 5. The number of likely N-dealkylation sites (tertiary alicyclic amines) is 2. The molecule has 13 nitrogen and oxygen atoms in total. The Balaban J connectivity index is 0.964. The number of carbonyl (C=O) groups excluding carboxylic acids is 4. The maximum atomic E-state index is 13.9. The molecule has 2 aliphatic rings. The lowest BCUT2D eigenvalue weighted by molar-refractivity contribution is -0.139. The number of aromatic nitrogens is 2. The van der Waals surface area contributed by atoms with E-state index >= 15 is 0 Å². The lowest BCUT2D eigenvalue weighted by Gasteiger charge is -2.35. The van der Waals surface area contributed by atoms with Crippen molar-refractivity contribution in [3.05, 3.63) is 113 Å². The maximum absolute atomic E-state index is 13.9. The van der Waals surface area contributed by atoms with Crippen LogP contribution in [0.3, 0.4) is 0 Å². The van der Waals surface area contributed by atoms with Crippen molar-refractivity contribution < 1.29 is 19.2 Å². The van der Waals surface area contributed by atoms with Gasteiger partial charge in [0.2, 0.25) is 23.6 Å². The van der Waals surface area contributed by atoms with Gasteiger partial charge in [-0.2, -0.15) is 0 Å². The summed E-state index contributed by atoms with van der Waals surface area (Å²) in [4.78, 5) is 69.6. The second-order valence-corrected chi connectivity index (χ2v) is 20.3. The van der Waals surface area contributed by atoms with Crippen molar-refractivity contribution in [2.75, 3.05) is 39.3 Å². The molecule has 4 heterocycles. The SMILES string of the molecule is CC(C)(C)[C@H](Nc1nccs1)C(=O)N1CCC[C@H]1C(=O)Nc1ccc(CN(Cc2ccc(NC(=O)[C@@H]3CCCN3C(=O)[C@@H](Nc3nccs3)C(C)(C)C)cc2)c2ccccc2)cc1. The largest absolute Gasteiger partial charge is 0.363 e. The Kier molecular flexibility index (Phi) is 14.2. The molecule has 332 valence electrons. The van der Waals surface area contributed by atoms with Crippen molar-refractivity contribution in [3.8, 4) is 0 Å². The summed E-state index contributed by atoms with van der Waals surface area (Å²) < 4.78 is 0. The van der Waals surface area contributed by atoms with E-state index in [2.05, 4.69) is 48.3 Å². The number of thiazole rings is 2. The molecule has 5 aromatic rings. The van der Waals surface area contributed by atoms with Gasteiger partial charge < -0.3 is 36.0 Å². The highest BCUT2D eigenvalue weighted by Gasteiger charge is 2.43. The first-order valence-corrected chi connectivity index (χ1v) is 23.4. The molecular weight excluding hydrogens is 831 g/mol. The van der Waals surface area contributed by atoms with E-state index in [-0.39, 0.29) is 23.6 Å². The van der Waals surface area contributed by atoms with Gasteiger partial charge in [-0.1, -0.05) is 84.0 Å². The zero-order valence-corrected chi connectivity index (χ0v) is 38.6. The van der Waals surface area contributed by atoms with Gasteiger partial charge in [-0.05, 0) is 84.0 Å². The second-order valence-electron chi connectivity index (χ2n) is 18.5. The number of carbonyl (C=O) groups is 4. The van der Waals surface area contributed by atoms with Crippen LogP contribution in [0.25, 0.3) is 0 Å². The molecule has 2 saturated heterocycles. The summed E-state index contributed by atoms with van der Waals surface area (Å²) >= 11 is 2.90. The van der Waals surface area contributed by atoms with E-state index in [1.807, 2.05) is 119 Å². The Morgan fingerprint density at radius 1 is 0.635 bits per heavy atom. The van der Waals surface area contributed by atoms with Crippen LogP contribution in [0.1, 0.15) is 78.4 Å². The Labute approximate surface area is 378 Å². The van der Waals surface area contributed by atoms with Crippen molar-refractivity contribution in [3.63, 3.8) is 0 Å². The molecule has 7 rings (SSSR count). The monoisotopic (exact) mass is 889 g/mol. The Bertz CT molecular complexity index is 2150. The summed E-state index contributed by atoms with van der Waals surface area (Å²) in [7, 11) is 0. The smallest absolute Gasteiger partial charge is 0.247 e. The fraction of sp³-hybridized carbons (Fsp3) is 0.417. The van der Waals surface area contributed by atoms with Gasteiger partial charge in [-0.25, -0.2) is 9.97 Å². The van der Waals surface area contributed by atoms with Gasteiger partial charge in [0.1, 0.15) is 24.2 Å². The first-order valence-electron chi connectivity index (χ1n) is 21.7. The van der Waals surface area contributed by atoms with Gasteiger partial charge in [-0.3, -0.25) is 19.2 Å². The summed E-state index contributed by atoms with van der Waals surface area (Å²) in [5, 5.41) is 17.9. The number of nitrogens with one attached hydrogen (secondary N) is 4. The van der Waals surface area contributed by atoms with Crippen molar-refractivity contribution in [1.82, 2.24) is 19.8 Å². The summed E-state index contributed by atoms with van der Waals surface area (Å²) in [6.07, 6.45) is 6.15. The van der Waals surface area contributed by atoms with Crippen LogP contribution in [-0.4, -0.2) is 80.7 Å². The van der Waals surface area contributed by atoms with E-state index < -0.39 is 35.0 Å². The minimum atomic E-state index is -0.557. The third-order valence-corrected chi connectivity index (χ3v) is 13.0. The number of benzene rings is 3. The second kappa shape index (κ2) is 19.7. The molecule has 0 radical (unpaired) electrons. The fourth-order valence-electron chi connectivity index (χ4n) is 8.23. The molecule has 63 heavy (non-hydrogen) atoms. The normalized spacial score (nSPS) is 17.5. The maximum Gasteiger partial charge on any atom is 0.247 e. The van der Waals surface area contributed by atoms with Crippen molar-refractivity contribution in [2.24, 2.45) is 10.8 Å². The summed E-state index contributed by atoms with van der Waals surface area (Å²) in [6, 6.07) is 23.8. The highest BCUT2D eigenvalue weighted by Crippen LogP contribution is 2.32. The first kappa shape index (κ1) is 45.2. The molecule has 2 aromatic heterocycles. The lowest BCUT2D eigenvalue weighted by atomic mass is 9.85. The molecule has 0 saturated carbocycles. The number of hydrogen-bond donors (Lipinski definition) is 4. The van der Waals surface area contributed by atoms with Crippen LogP contribution in [0.4, 0.5) is 27.3 Å². The van der Waals surface area contributed by atoms with Crippen LogP contribution < -0.4 is 26.2 Å². The average molecular weight is 890 g/mol. The molecule has 2 aliphatic heterocycles. The highest BCUT2D eigenvalue weighted by atomic mass is 32.1. The Hall–Kier alpha value is -5.80. The van der Waals surface area contributed by atoms with E-state index in [0.717, 1.165) is 29.7 Å². The average Bonchev–Trinajstić information content (AvgIpc) is 4.11. The molecule has 0 spiro atoms. The lowest BCUT2D eigenvalue weighted by Crippen LogP contribution is -2.53. The number of anilines is 5. The third kappa shape index (κ3) is 11.4. The van der Waals surface area contributed by atoms with Crippen LogP contribution >= 0.6 is 22.7 Å². The molecule has 4 amide bonds. The van der Waals surface area contributed by atoms with Gasteiger partial charge in [-0.15, -0.1) is 22.7 Å². The van der Waals surface area contributed by atoms with Crippen LogP contribution in [-0.2, 0) is 32.3 Å². The van der Waals surface area contributed by atoms with E-state index in [9.17, 15) is 19.2 Å². The minimum Gasteiger partial charge on any atom is -0.363 e. The number of hydrogen-bond acceptors (Lipinski definition) is 11. The van der Waals surface area contributed by atoms with E-state index in [1.54, 1.807) is 22.2 Å². The number of para-hydroxylation sites is 1. The van der Waals surface area contributed by atoms with E-state index in [0.29, 0.717) is 60.7 Å². The summed E-state index contributed by atoms with van der Waals surface area (Å²) in [5.41, 5.74) is 3.74. The van der Waals surface area contributed by atoms with E-state index in [1.165, 1.54) is 22.7 Å². The molecule has 0 unspecified atom stereocenters. The highest BCUT2D eigenvalue weighted by molar-refractivity contribution is 7.13. The molecule has 15 heteroatoms. The van der Waals surface area contributed by atoms with Crippen LogP contribution in [0.15, 0.2) is 102 Å². The Morgan fingerprint density at radius 2 is 1.05 bits per heavy atom. The zero-order chi connectivity index (χ0) is 44.7. The fourth-order valence-corrected chi connectivity index (χ4v) is 9.34. The first-order chi connectivity index (χ1) is 30.1. The molecule has 0 aliphatic carbocycles. The molecule has 4 N–H and O–H groups in total. The predicted octanol–water partition coefficient (Wildman–Crippen LogP) is 8.72. The summed E-state index contributed by atoms with van der Waals surface area (Å²) in [5.74, 6) is -0.573. The predicted molar refractivity (Wildman–Crippen MR) is 254 cm³/mol. The summed E-state index contributed by atoms with van der Waals surface area (Å²) in [6.45, 7) is 14.4. The molecule has 3 aromatic carbocycles. The van der Waals surface area contributed by atoms with E-state index in [4.69, 9.17) is 0 Å². The Morgan fingerprint density at radius 3 is 1.41 bits per heavy atom. The standard InChI is InChI=1S/C48H59N9O4S2/c1-47(2,3)39(53-45-49-24-28-62-45)43(60)56-26-10-14-37(56)41(58)51-34-20-16-32(17-21-34)30-55(36-12-8-7-9-13-36)31-33-18-22-35(23-19-33)52-42(59)38-15-11-27-57(38)44(61)40(48(4,5)6)54-46-50-25-29-63-46/h7-9,12-13,16-25,28-29,37-40H,10-11,14-15,26-27,30-31H2,1-6H3,(H,49,53)(H,50,54)(H,51,58)(H,52,59)/t37-,38-,39+,40+/m0/s1. The minimum absolute atomic E-state index is 0.0960. The molecular formula is C48H59N9O4S2. The number of rotatable bonds is 15. The van der Waals surface area contributed by atoms with Crippen molar-refractivity contribution in [2.45, 2.75) is 104 Å². The molecule has 2 fully saturated rings. The van der Waals surface area contributed by atoms with Gasteiger partial charge >= 0.3 is 0 Å². The van der Waals surface area contributed by atoms with Gasteiger partial charge in [0.05, 0.1) is 0 Å². The molecule has 0 bridgehead atoms. The third-order valence-electron chi connectivity index (χ3n) is 11.6. The number of amides is 4. The van der Waals surface area contributed by atoms with Crippen LogP contribution in [0.2, 0.25) is 0 Å². The van der Waals surface area contributed by atoms with Crippen molar-refractivity contribution in [1.29, 1.82) is 0 Å². The van der Waals surface area contributed by atoms with Crippen molar-refractivity contribution >= 4 is 73.6 Å².